The number of anilines is 3. The molecule has 162 valence electrons. The Kier molecular flexibility index (Phi) is 6.91. The van der Waals surface area contributed by atoms with Crippen LogP contribution in [-0.4, -0.2) is 15.0 Å². The molecule has 0 aliphatic carbocycles. The van der Waals surface area contributed by atoms with Gasteiger partial charge in [0.25, 0.3) is 0 Å². The van der Waals surface area contributed by atoms with Crippen LogP contribution in [0.4, 0.5) is 17.5 Å². The van der Waals surface area contributed by atoms with E-state index in [1.165, 1.54) is 6.20 Å². The molecule has 1 atom stereocenters. The number of hydrogen-bond donors (Lipinski definition) is 3. The van der Waals surface area contributed by atoms with Crippen molar-refractivity contribution in [3.05, 3.63) is 59.6 Å². The standard InChI is InChI=1S/C23H29N8/c1-4-6-7-15(13-29-26)19-10-16-11-20(28-14-18(16)22(24)30-19)31-21-12-17(8-9-27-21)23(3,25)5-2/h8-14H,4-7,25H2,1-3H3,(H2,24,30)(H,27,28,31)/q-1/b15-13+/t23-/m1/s1. The molecule has 3 heterocycles. The summed E-state index contributed by atoms with van der Waals surface area (Å²) in [6.07, 6.45) is 8.41. The summed E-state index contributed by atoms with van der Waals surface area (Å²) in [5.41, 5.74) is 23.7. The Morgan fingerprint density at radius 1 is 1.23 bits per heavy atom. The molecule has 0 aliphatic rings. The van der Waals surface area contributed by atoms with E-state index in [-0.39, 0.29) is 0 Å². The second-order valence-electron chi connectivity index (χ2n) is 7.88. The highest BCUT2D eigenvalue weighted by Gasteiger charge is 2.19. The smallest absolute Gasteiger partial charge is 0.133 e. The van der Waals surface area contributed by atoms with Gasteiger partial charge < -0.3 is 27.4 Å². The summed E-state index contributed by atoms with van der Waals surface area (Å²) in [6, 6.07) is 7.71. The molecule has 8 heteroatoms. The lowest BCUT2D eigenvalue weighted by molar-refractivity contribution is 0.476. The Morgan fingerprint density at radius 2 is 2.00 bits per heavy atom. The van der Waals surface area contributed by atoms with Gasteiger partial charge in [-0.25, -0.2) is 15.0 Å². The van der Waals surface area contributed by atoms with Crippen LogP contribution in [0, 0.1) is 0 Å². The van der Waals surface area contributed by atoms with E-state index >= 15 is 0 Å². The number of pyridine rings is 3. The zero-order valence-electron chi connectivity index (χ0n) is 18.3. The molecular weight excluding hydrogens is 388 g/mol. The average Bonchev–Trinajstić information content (AvgIpc) is 2.76. The van der Waals surface area contributed by atoms with Crippen molar-refractivity contribution in [1.82, 2.24) is 15.0 Å². The van der Waals surface area contributed by atoms with Gasteiger partial charge in [-0.15, -0.1) is 0 Å². The highest BCUT2D eigenvalue weighted by molar-refractivity contribution is 5.94. The van der Waals surface area contributed by atoms with Crippen LogP contribution >= 0.6 is 0 Å². The van der Waals surface area contributed by atoms with Crippen LogP contribution in [0.15, 0.2) is 48.0 Å². The van der Waals surface area contributed by atoms with Crippen LogP contribution in [0.5, 0.6) is 0 Å². The number of hydrogen-bond acceptors (Lipinski definition) is 7. The molecule has 0 saturated heterocycles. The third-order valence-corrected chi connectivity index (χ3v) is 5.50. The van der Waals surface area contributed by atoms with Gasteiger partial charge in [0.1, 0.15) is 17.5 Å². The molecule has 0 aromatic carbocycles. The first-order valence-corrected chi connectivity index (χ1v) is 10.5. The summed E-state index contributed by atoms with van der Waals surface area (Å²) in [7, 11) is 0. The predicted molar refractivity (Wildman–Crippen MR) is 127 cm³/mol. The number of fused-ring (bicyclic) bond motifs is 1. The van der Waals surface area contributed by atoms with Gasteiger partial charge in [-0.1, -0.05) is 20.3 Å². The van der Waals surface area contributed by atoms with Crippen LogP contribution in [0.2, 0.25) is 0 Å². The third-order valence-electron chi connectivity index (χ3n) is 5.50. The Balaban J connectivity index is 1.96. The van der Waals surface area contributed by atoms with Crippen molar-refractivity contribution >= 4 is 33.8 Å². The third kappa shape index (κ3) is 5.21. The summed E-state index contributed by atoms with van der Waals surface area (Å²) < 4.78 is 0. The number of allylic oxidation sites excluding steroid dienone is 1. The fraction of sp³-hybridized carbons (Fsp3) is 0.348. The molecule has 0 aliphatic heterocycles. The second kappa shape index (κ2) is 9.61. The summed E-state index contributed by atoms with van der Waals surface area (Å²) >= 11 is 0. The van der Waals surface area contributed by atoms with Crippen molar-refractivity contribution < 1.29 is 0 Å². The van der Waals surface area contributed by atoms with Crippen LogP contribution in [0.3, 0.4) is 0 Å². The molecular formula is C23H29N8-. The quantitative estimate of drug-likeness (QED) is 0.394. The largest absolute Gasteiger partial charge is 0.707 e. The van der Waals surface area contributed by atoms with Gasteiger partial charge in [0.05, 0.1) is 5.69 Å². The summed E-state index contributed by atoms with van der Waals surface area (Å²) in [5, 5.41) is 8.09. The Morgan fingerprint density at radius 3 is 2.71 bits per heavy atom. The van der Waals surface area contributed by atoms with E-state index in [2.05, 4.69) is 39.2 Å². The minimum atomic E-state index is -0.426. The van der Waals surface area contributed by atoms with Crippen molar-refractivity contribution in [1.29, 1.82) is 0 Å². The fourth-order valence-electron chi connectivity index (χ4n) is 3.29. The predicted octanol–water partition coefficient (Wildman–Crippen LogP) is 5.49. The lowest BCUT2D eigenvalue weighted by atomic mass is 9.91. The van der Waals surface area contributed by atoms with Gasteiger partial charge in [-0.3, -0.25) is 0 Å². The lowest BCUT2D eigenvalue weighted by Crippen LogP contribution is -2.32. The molecule has 0 fully saturated rings. The Bertz CT molecular complexity index is 1100. The molecule has 0 amide bonds. The van der Waals surface area contributed by atoms with E-state index in [1.807, 2.05) is 31.2 Å². The van der Waals surface area contributed by atoms with Crippen LogP contribution < -0.4 is 16.8 Å². The van der Waals surface area contributed by atoms with Gasteiger partial charge >= 0.3 is 0 Å². The van der Waals surface area contributed by atoms with E-state index in [9.17, 15) is 0 Å². The Hall–Kier alpha value is -3.39. The van der Waals surface area contributed by atoms with Crippen LogP contribution in [0.1, 0.15) is 57.7 Å². The average molecular weight is 418 g/mol. The zero-order chi connectivity index (χ0) is 22.4. The number of rotatable bonds is 9. The molecule has 8 nitrogen and oxygen atoms in total. The number of nitrogens with zero attached hydrogens (tertiary/aromatic N) is 5. The van der Waals surface area contributed by atoms with Gasteiger partial charge in [-0.2, -0.15) is 0 Å². The summed E-state index contributed by atoms with van der Waals surface area (Å²) in [4.78, 5) is 13.3. The van der Waals surface area contributed by atoms with Gasteiger partial charge in [0, 0.05) is 29.5 Å². The lowest BCUT2D eigenvalue weighted by Gasteiger charge is -2.23. The molecule has 5 N–H and O–H groups in total. The number of nitrogens with one attached hydrogen (secondary N) is 1. The van der Waals surface area contributed by atoms with Crippen molar-refractivity contribution in [2.45, 2.75) is 52.0 Å². The van der Waals surface area contributed by atoms with Crippen molar-refractivity contribution in [2.24, 2.45) is 10.8 Å². The monoisotopic (exact) mass is 417 g/mol. The van der Waals surface area contributed by atoms with Crippen LogP contribution in [0.25, 0.3) is 21.9 Å². The number of aromatic nitrogens is 3. The van der Waals surface area contributed by atoms with E-state index in [0.717, 1.165) is 47.6 Å². The van der Waals surface area contributed by atoms with Gasteiger partial charge in [0.15, 0.2) is 0 Å². The Labute approximate surface area is 182 Å². The SMILES string of the molecule is CCCC/C(=C\N=[N-])c1cc2cc(Nc3cc([C@](C)(N)CC)ccn3)ncc2c(N)n1. The van der Waals surface area contributed by atoms with Crippen molar-refractivity contribution in [3.63, 3.8) is 0 Å². The molecule has 0 unspecified atom stereocenters. The minimum absolute atomic E-state index is 0.383. The van der Waals surface area contributed by atoms with Gasteiger partial charge in [-0.05, 0) is 67.0 Å². The highest BCUT2D eigenvalue weighted by atomic mass is 15.0. The molecule has 0 spiro atoms. The molecule has 3 aromatic heterocycles. The molecule has 0 saturated carbocycles. The fourth-order valence-corrected chi connectivity index (χ4v) is 3.29. The molecule has 0 bridgehead atoms. The zero-order valence-corrected chi connectivity index (χ0v) is 18.3. The maximum atomic E-state index is 9.04. The van der Waals surface area contributed by atoms with Crippen molar-refractivity contribution in [3.8, 4) is 0 Å². The summed E-state index contributed by atoms with van der Waals surface area (Å²) in [6.45, 7) is 6.16. The normalized spacial score (nSPS) is 13.7. The highest BCUT2D eigenvalue weighted by Crippen LogP contribution is 2.29. The number of nitrogens with two attached hydrogens (primary N) is 2. The second-order valence-corrected chi connectivity index (χ2v) is 7.88. The van der Waals surface area contributed by atoms with E-state index < -0.39 is 5.54 Å². The maximum absolute atomic E-state index is 9.04. The maximum Gasteiger partial charge on any atom is 0.133 e. The number of unbranched alkanes of at least 4 members (excludes halogenated alkanes) is 1. The number of nitrogen functional groups attached to an aromatic ring is 1. The molecule has 3 aromatic rings. The summed E-state index contributed by atoms with van der Waals surface area (Å²) in [5.74, 6) is 1.68. The topological polar surface area (TPSA) is 137 Å². The van der Waals surface area contributed by atoms with E-state index in [1.54, 1.807) is 12.4 Å². The first-order chi connectivity index (χ1) is 14.9. The van der Waals surface area contributed by atoms with Crippen molar-refractivity contribution in [2.75, 3.05) is 11.1 Å². The van der Waals surface area contributed by atoms with E-state index in [4.69, 9.17) is 17.0 Å². The van der Waals surface area contributed by atoms with E-state index in [0.29, 0.717) is 23.1 Å². The van der Waals surface area contributed by atoms with Crippen LogP contribution in [-0.2, 0) is 5.54 Å². The first-order valence-electron chi connectivity index (χ1n) is 10.5. The minimum Gasteiger partial charge on any atom is -0.707 e. The first kappa shape index (κ1) is 22.3. The molecule has 3 rings (SSSR count). The van der Waals surface area contributed by atoms with Gasteiger partial charge in [0.2, 0.25) is 0 Å². The molecule has 31 heavy (non-hydrogen) atoms. The molecule has 0 radical (unpaired) electrons.